The number of carbonyl (C=O) groups excluding carboxylic acids is 1. The summed E-state index contributed by atoms with van der Waals surface area (Å²) < 4.78 is 1.80. The van der Waals surface area contributed by atoms with Crippen molar-refractivity contribution in [1.29, 1.82) is 0 Å². The van der Waals surface area contributed by atoms with Gasteiger partial charge in [0.1, 0.15) is 0 Å². The molecule has 0 radical (unpaired) electrons. The van der Waals surface area contributed by atoms with Gasteiger partial charge in [-0.1, -0.05) is 36.6 Å². The highest BCUT2D eigenvalue weighted by atomic mass is 35.5. The molecule has 2 aliphatic rings. The highest BCUT2D eigenvalue weighted by Gasteiger charge is 2.41. The topological polar surface area (TPSA) is 59.0 Å². The molecule has 2 N–H and O–H groups in total. The van der Waals surface area contributed by atoms with Gasteiger partial charge in [-0.15, -0.1) is 12.4 Å². The number of rotatable bonds is 4. The Balaban J connectivity index is 0.00000210. The second kappa shape index (κ2) is 8.21. The predicted molar refractivity (Wildman–Crippen MR) is 109 cm³/mol. The number of hydrogen-bond donors (Lipinski definition) is 2. The van der Waals surface area contributed by atoms with Crippen LogP contribution < -0.4 is 10.6 Å². The Kier molecular flexibility index (Phi) is 6.14. The Labute approximate surface area is 171 Å². The van der Waals surface area contributed by atoms with Crippen LogP contribution in [0.5, 0.6) is 0 Å². The van der Waals surface area contributed by atoms with E-state index < -0.39 is 0 Å². The summed E-state index contributed by atoms with van der Waals surface area (Å²) in [4.78, 5) is 13.2. The fraction of sp³-hybridized carbons (Fsp3) is 0.500. The first-order chi connectivity index (χ1) is 12.6. The zero-order chi connectivity index (χ0) is 18.1. The Morgan fingerprint density at radius 2 is 2.11 bits per heavy atom. The van der Waals surface area contributed by atoms with Crippen LogP contribution in [-0.2, 0) is 17.4 Å². The average molecular weight is 409 g/mol. The predicted octanol–water partition coefficient (Wildman–Crippen LogP) is 3.38. The number of carbonyl (C=O) groups is 1. The summed E-state index contributed by atoms with van der Waals surface area (Å²) in [5.74, 6) is 0.225. The van der Waals surface area contributed by atoms with Gasteiger partial charge in [0.05, 0.1) is 17.7 Å². The van der Waals surface area contributed by atoms with Crippen LogP contribution in [0.25, 0.3) is 0 Å². The summed E-state index contributed by atoms with van der Waals surface area (Å²) in [5.41, 5.74) is 1.96. The van der Waals surface area contributed by atoms with Crippen molar-refractivity contribution >= 4 is 29.9 Å². The van der Waals surface area contributed by atoms with Crippen LogP contribution in [0, 0.1) is 5.92 Å². The number of amides is 1. The number of hydrogen-bond acceptors (Lipinski definition) is 3. The third kappa shape index (κ3) is 4.00. The lowest BCUT2D eigenvalue weighted by molar-refractivity contribution is -0.127. The molecule has 1 amide bonds. The van der Waals surface area contributed by atoms with Crippen LogP contribution in [0.2, 0.25) is 5.02 Å². The van der Waals surface area contributed by atoms with E-state index in [1.807, 2.05) is 37.6 Å². The number of aryl methyl sites for hydroxylation is 1. The zero-order valence-corrected chi connectivity index (χ0v) is 17.0. The average Bonchev–Trinajstić information content (AvgIpc) is 3.35. The summed E-state index contributed by atoms with van der Waals surface area (Å²) in [6.07, 6.45) is 8.08. The van der Waals surface area contributed by atoms with Gasteiger partial charge in [-0.25, -0.2) is 0 Å². The van der Waals surface area contributed by atoms with E-state index in [9.17, 15) is 4.79 Å². The van der Waals surface area contributed by atoms with Crippen molar-refractivity contribution in [2.45, 2.75) is 37.1 Å². The van der Waals surface area contributed by atoms with Crippen molar-refractivity contribution in [3.8, 4) is 0 Å². The molecule has 2 fully saturated rings. The normalized spacial score (nSPS) is 23.8. The molecule has 1 aromatic carbocycles. The second-order valence-electron chi connectivity index (χ2n) is 7.61. The first kappa shape index (κ1) is 20.2. The molecule has 0 bridgehead atoms. The van der Waals surface area contributed by atoms with E-state index in [1.165, 1.54) is 0 Å². The lowest BCUT2D eigenvalue weighted by atomic mass is 9.85. The largest absolute Gasteiger partial charge is 0.346 e. The molecule has 1 aromatic heterocycles. The van der Waals surface area contributed by atoms with Gasteiger partial charge in [0.15, 0.2) is 0 Å². The molecule has 7 heteroatoms. The number of nitrogens with zero attached hydrogens (tertiary/aromatic N) is 2. The Morgan fingerprint density at radius 3 is 2.78 bits per heavy atom. The quantitative estimate of drug-likeness (QED) is 0.814. The van der Waals surface area contributed by atoms with Crippen LogP contribution in [-0.4, -0.2) is 28.8 Å². The maximum atomic E-state index is 13.2. The van der Waals surface area contributed by atoms with Gasteiger partial charge in [0, 0.05) is 37.3 Å². The first-order valence-corrected chi connectivity index (χ1v) is 9.72. The van der Waals surface area contributed by atoms with Gasteiger partial charge in [0.25, 0.3) is 0 Å². The lowest BCUT2D eigenvalue weighted by Gasteiger charge is -2.33. The summed E-state index contributed by atoms with van der Waals surface area (Å²) >= 11 is 6.22. The van der Waals surface area contributed by atoms with Gasteiger partial charge in [0.2, 0.25) is 5.91 Å². The van der Waals surface area contributed by atoms with Gasteiger partial charge in [-0.05, 0) is 36.1 Å². The maximum absolute atomic E-state index is 13.2. The van der Waals surface area contributed by atoms with Crippen molar-refractivity contribution in [2.24, 2.45) is 13.0 Å². The third-order valence-electron chi connectivity index (χ3n) is 5.90. The maximum Gasteiger partial charge on any atom is 0.225 e. The summed E-state index contributed by atoms with van der Waals surface area (Å²) in [7, 11) is 1.91. The fourth-order valence-electron chi connectivity index (χ4n) is 4.52. The van der Waals surface area contributed by atoms with Gasteiger partial charge in [-0.2, -0.15) is 5.10 Å². The van der Waals surface area contributed by atoms with E-state index in [4.69, 9.17) is 11.6 Å². The molecule has 27 heavy (non-hydrogen) atoms. The minimum Gasteiger partial charge on any atom is -0.346 e. The molecule has 1 saturated heterocycles. The van der Waals surface area contributed by atoms with Gasteiger partial charge < -0.3 is 10.6 Å². The minimum absolute atomic E-state index is 0. The fourth-order valence-corrected chi connectivity index (χ4v) is 4.71. The molecule has 5 nitrogen and oxygen atoms in total. The molecule has 146 valence electrons. The molecule has 0 unspecified atom stereocenters. The van der Waals surface area contributed by atoms with Crippen molar-refractivity contribution in [3.05, 3.63) is 52.8 Å². The van der Waals surface area contributed by atoms with Crippen LogP contribution in [0.3, 0.4) is 0 Å². The van der Waals surface area contributed by atoms with E-state index in [1.54, 1.807) is 4.68 Å². The smallest absolute Gasteiger partial charge is 0.225 e. The van der Waals surface area contributed by atoms with E-state index in [2.05, 4.69) is 21.8 Å². The van der Waals surface area contributed by atoms with Crippen molar-refractivity contribution < 1.29 is 4.79 Å². The molecular formula is C20H26Cl2N4O. The van der Waals surface area contributed by atoms with Crippen molar-refractivity contribution in [3.63, 3.8) is 0 Å². The highest BCUT2D eigenvalue weighted by Crippen LogP contribution is 2.40. The number of benzene rings is 1. The second-order valence-corrected chi connectivity index (χ2v) is 8.04. The van der Waals surface area contributed by atoms with Crippen LogP contribution in [0.1, 0.15) is 42.7 Å². The molecule has 2 atom stereocenters. The Bertz CT molecular complexity index is 801. The summed E-state index contributed by atoms with van der Waals surface area (Å²) in [6, 6.07) is 7.94. The third-order valence-corrected chi connectivity index (χ3v) is 6.14. The molecule has 2 aromatic rings. The summed E-state index contributed by atoms with van der Waals surface area (Å²) in [6.45, 7) is 1.52. The van der Waals surface area contributed by atoms with Crippen LogP contribution >= 0.6 is 24.0 Å². The minimum atomic E-state index is -0.288. The zero-order valence-electron chi connectivity index (χ0n) is 15.5. The highest BCUT2D eigenvalue weighted by molar-refractivity contribution is 6.30. The number of aromatic nitrogens is 2. The molecule has 1 aliphatic heterocycles. The lowest BCUT2D eigenvalue weighted by Crippen LogP contribution is -2.47. The first-order valence-electron chi connectivity index (χ1n) is 9.35. The molecule has 1 aliphatic carbocycles. The van der Waals surface area contributed by atoms with E-state index in [-0.39, 0.29) is 35.7 Å². The Hall–Kier alpha value is -1.56. The van der Waals surface area contributed by atoms with Gasteiger partial charge in [-0.3, -0.25) is 9.48 Å². The van der Waals surface area contributed by atoms with E-state index in [0.717, 1.165) is 48.4 Å². The van der Waals surface area contributed by atoms with E-state index >= 15 is 0 Å². The van der Waals surface area contributed by atoms with Crippen LogP contribution in [0.4, 0.5) is 0 Å². The summed E-state index contributed by atoms with van der Waals surface area (Å²) in [5, 5.41) is 11.8. The number of nitrogens with one attached hydrogen (secondary N) is 2. The molecular weight excluding hydrogens is 383 g/mol. The number of halogens is 2. The molecule has 2 heterocycles. The van der Waals surface area contributed by atoms with Gasteiger partial charge >= 0.3 is 0 Å². The molecule has 4 rings (SSSR count). The monoisotopic (exact) mass is 408 g/mol. The molecule has 1 saturated carbocycles. The van der Waals surface area contributed by atoms with Crippen LogP contribution in [0.15, 0.2) is 36.7 Å². The Morgan fingerprint density at radius 1 is 1.33 bits per heavy atom. The SMILES string of the molecule is Cl.Cn1cc([C@H]2CNC[C@@H]2C(=O)NC2(c3cccc(Cl)c3)CCCC2)cn1. The van der Waals surface area contributed by atoms with E-state index in [0.29, 0.717) is 6.54 Å². The molecule has 0 spiro atoms. The van der Waals surface area contributed by atoms with Crippen molar-refractivity contribution in [1.82, 2.24) is 20.4 Å². The standard InChI is InChI=1S/C20H25ClN4O.ClH/c1-25-13-14(10-23-25)17-11-22-12-18(17)19(26)24-20(7-2-3-8-20)15-5-4-6-16(21)9-15;/h4-6,9-10,13,17-18,22H,2-3,7-8,11-12H2,1H3,(H,24,26);1H/t17-,18+;/m1./s1. The van der Waals surface area contributed by atoms with Crippen molar-refractivity contribution in [2.75, 3.05) is 13.1 Å².